The summed E-state index contributed by atoms with van der Waals surface area (Å²) in [7, 11) is 0. The van der Waals surface area contributed by atoms with E-state index in [2.05, 4.69) is 136 Å². The molecule has 1 aliphatic rings. The van der Waals surface area contributed by atoms with Gasteiger partial charge in [0.05, 0.1) is 0 Å². The maximum absolute atomic E-state index is 2.39. The van der Waals surface area contributed by atoms with Crippen LogP contribution in [0.5, 0.6) is 0 Å². The van der Waals surface area contributed by atoms with E-state index in [1.165, 1.54) is 81.0 Å². The zero-order valence-corrected chi connectivity index (χ0v) is 23.9. The summed E-state index contributed by atoms with van der Waals surface area (Å²) in [6.45, 7) is 7.12. The molecule has 0 unspecified atom stereocenters. The molecule has 0 bridgehead atoms. The van der Waals surface area contributed by atoms with Gasteiger partial charge in [0.2, 0.25) is 0 Å². The van der Waals surface area contributed by atoms with Gasteiger partial charge in [-0.1, -0.05) is 123 Å². The van der Waals surface area contributed by atoms with E-state index in [1.807, 2.05) is 11.3 Å². The predicted octanol–water partition coefficient (Wildman–Crippen LogP) is 11.1. The maximum Gasteiger partial charge on any atom is 0.0396 e. The normalized spacial score (nSPS) is 13.7. The maximum atomic E-state index is 2.39. The summed E-state index contributed by atoms with van der Waals surface area (Å²) in [6, 6.07) is 43.0. The molecule has 192 valence electrons. The fourth-order valence-corrected chi connectivity index (χ4v) is 8.50. The Balaban J connectivity index is 1.38. The van der Waals surface area contributed by atoms with E-state index in [4.69, 9.17) is 0 Å². The van der Waals surface area contributed by atoms with Crippen LogP contribution in [-0.2, 0) is 11.8 Å². The number of hydrogen-bond donors (Lipinski definition) is 0. The van der Waals surface area contributed by atoms with Crippen LogP contribution in [0.2, 0.25) is 0 Å². The Labute approximate surface area is 239 Å². The lowest BCUT2D eigenvalue weighted by molar-refractivity contribution is 0.656. The molecule has 1 heterocycles. The Bertz CT molecular complexity index is 2120. The van der Waals surface area contributed by atoms with Crippen molar-refractivity contribution in [1.82, 2.24) is 0 Å². The van der Waals surface area contributed by atoms with Crippen molar-refractivity contribution in [2.24, 2.45) is 0 Å². The Kier molecular flexibility index (Phi) is 5.12. The summed E-state index contributed by atoms with van der Waals surface area (Å²) in [5.41, 5.74) is 12.6. The fourth-order valence-electron chi connectivity index (χ4n) is 7.26. The van der Waals surface area contributed by atoms with Crippen molar-refractivity contribution in [3.8, 4) is 22.3 Å². The summed E-state index contributed by atoms with van der Waals surface area (Å²) in [5, 5.41) is 5.32. The van der Waals surface area contributed by atoms with Crippen molar-refractivity contribution in [2.45, 2.75) is 32.6 Å². The minimum Gasteiger partial charge on any atom is -0.135 e. The van der Waals surface area contributed by atoms with E-state index < -0.39 is 0 Å². The van der Waals surface area contributed by atoms with Gasteiger partial charge >= 0.3 is 0 Å². The zero-order chi connectivity index (χ0) is 27.0. The van der Waals surface area contributed by atoms with E-state index in [9.17, 15) is 0 Å². The van der Waals surface area contributed by atoms with E-state index in [-0.39, 0.29) is 5.41 Å². The van der Waals surface area contributed by atoms with E-state index in [0.29, 0.717) is 0 Å². The predicted molar refractivity (Wildman–Crippen MR) is 174 cm³/mol. The van der Waals surface area contributed by atoms with E-state index in [0.717, 1.165) is 6.42 Å². The first-order chi connectivity index (χ1) is 19.5. The zero-order valence-electron chi connectivity index (χ0n) is 23.1. The van der Waals surface area contributed by atoms with E-state index in [1.54, 1.807) is 0 Å². The van der Waals surface area contributed by atoms with Crippen LogP contribution in [0.1, 0.15) is 41.7 Å². The first-order valence-electron chi connectivity index (χ1n) is 14.2. The molecule has 0 fully saturated rings. The standard InChI is InChI=1S/C39H30S/c1-24-28(18-20-32-30-12-6-8-14-35(30)39(2,3)37(24)32)29-19-21-33-31-13-7-9-15-36(31)40-38(33)34(29)23-25-16-17-26-10-4-5-11-27(26)22-25/h4-22H,23H2,1-3H3. The number of benzene rings is 6. The molecule has 0 nitrogen and oxygen atoms in total. The van der Waals surface area contributed by atoms with Crippen molar-refractivity contribution < 1.29 is 0 Å². The van der Waals surface area contributed by atoms with Crippen LogP contribution in [-0.4, -0.2) is 0 Å². The van der Waals surface area contributed by atoms with Gasteiger partial charge in [-0.25, -0.2) is 0 Å². The van der Waals surface area contributed by atoms with Crippen LogP contribution in [0.25, 0.3) is 53.2 Å². The van der Waals surface area contributed by atoms with Gasteiger partial charge in [0.15, 0.2) is 0 Å². The third kappa shape index (κ3) is 3.37. The van der Waals surface area contributed by atoms with Crippen molar-refractivity contribution >= 4 is 42.3 Å². The van der Waals surface area contributed by atoms with Gasteiger partial charge in [0.25, 0.3) is 0 Å². The average Bonchev–Trinajstić information content (AvgIpc) is 3.47. The minimum atomic E-state index is -0.0216. The molecule has 0 radical (unpaired) electrons. The molecule has 0 saturated heterocycles. The third-order valence-corrected chi connectivity index (χ3v) is 10.4. The monoisotopic (exact) mass is 530 g/mol. The summed E-state index contributed by atoms with van der Waals surface area (Å²) in [6.07, 6.45) is 0.907. The molecule has 40 heavy (non-hydrogen) atoms. The Morgan fingerprint density at radius 2 is 1.32 bits per heavy atom. The van der Waals surface area contributed by atoms with Crippen molar-refractivity contribution in [3.63, 3.8) is 0 Å². The minimum absolute atomic E-state index is 0.0216. The van der Waals surface area contributed by atoms with Crippen LogP contribution in [0.4, 0.5) is 0 Å². The molecule has 0 amide bonds. The lowest BCUT2D eigenvalue weighted by atomic mass is 9.78. The van der Waals surface area contributed by atoms with Crippen LogP contribution >= 0.6 is 11.3 Å². The third-order valence-electron chi connectivity index (χ3n) is 9.12. The highest BCUT2D eigenvalue weighted by Gasteiger charge is 2.37. The van der Waals surface area contributed by atoms with Crippen molar-refractivity contribution in [3.05, 3.63) is 143 Å². The molecule has 0 N–H and O–H groups in total. The summed E-state index contributed by atoms with van der Waals surface area (Å²) < 4.78 is 2.77. The Morgan fingerprint density at radius 3 is 2.23 bits per heavy atom. The lowest BCUT2D eigenvalue weighted by Gasteiger charge is -2.25. The molecular weight excluding hydrogens is 500 g/mol. The largest absolute Gasteiger partial charge is 0.135 e. The number of thiophene rings is 1. The topological polar surface area (TPSA) is 0 Å². The van der Waals surface area contributed by atoms with Gasteiger partial charge in [-0.2, -0.15) is 0 Å². The lowest BCUT2D eigenvalue weighted by Crippen LogP contribution is -2.16. The Hall–Kier alpha value is -4.20. The number of rotatable bonds is 3. The first-order valence-corrected chi connectivity index (χ1v) is 15.0. The second-order valence-electron chi connectivity index (χ2n) is 11.8. The van der Waals surface area contributed by atoms with Crippen LogP contribution in [0.3, 0.4) is 0 Å². The SMILES string of the molecule is Cc1c(-c2ccc3c(sc4ccccc43)c2Cc2ccc3ccccc3c2)ccc2c1C(C)(C)c1ccccc1-2. The molecule has 1 heteroatoms. The smallest absolute Gasteiger partial charge is 0.0396 e. The molecule has 7 aromatic rings. The highest BCUT2D eigenvalue weighted by atomic mass is 32.1. The molecule has 8 rings (SSSR count). The van der Waals surface area contributed by atoms with Crippen LogP contribution in [0, 0.1) is 6.92 Å². The van der Waals surface area contributed by atoms with Gasteiger partial charge in [0, 0.05) is 25.6 Å². The molecular formula is C39H30S. The van der Waals surface area contributed by atoms with Crippen molar-refractivity contribution in [1.29, 1.82) is 0 Å². The second-order valence-corrected chi connectivity index (χ2v) is 12.8. The first kappa shape index (κ1) is 23.7. The van der Waals surface area contributed by atoms with Gasteiger partial charge in [0.1, 0.15) is 0 Å². The molecule has 0 spiro atoms. The van der Waals surface area contributed by atoms with E-state index >= 15 is 0 Å². The number of hydrogen-bond acceptors (Lipinski definition) is 1. The van der Waals surface area contributed by atoms with Crippen LogP contribution in [0.15, 0.2) is 115 Å². The van der Waals surface area contributed by atoms with Crippen LogP contribution < -0.4 is 0 Å². The fraction of sp³-hybridized carbons (Fsp3) is 0.128. The summed E-state index contributed by atoms with van der Waals surface area (Å²) >= 11 is 1.94. The summed E-state index contributed by atoms with van der Waals surface area (Å²) in [5.74, 6) is 0. The van der Waals surface area contributed by atoms with Gasteiger partial charge < -0.3 is 0 Å². The van der Waals surface area contributed by atoms with Gasteiger partial charge in [-0.05, 0) is 80.3 Å². The quantitative estimate of drug-likeness (QED) is 0.213. The summed E-state index contributed by atoms with van der Waals surface area (Å²) in [4.78, 5) is 0. The van der Waals surface area contributed by atoms with Gasteiger partial charge in [-0.15, -0.1) is 11.3 Å². The second kappa shape index (κ2) is 8.65. The molecule has 1 aromatic heterocycles. The molecule has 0 saturated carbocycles. The molecule has 6 aromatic carbocycles. The average molecular weight is 531 g/mol. The van der Waals surface area contributed by atoms with Gasteiger partial charge in [-0.3, -0.25) is 0 Å². The molecule has 1 aliphatic carbocycles. The highest BCUT2D eigenvalue weighted by molar-refractivity contribution is 7.26. The molecule has 0 aliphatic heterocycles. The van der Waals surface area contributed by atoms with Crippen molar-refractivity contribution in [2.75, 3.05) is 0 Å². The Morgan fingerprint density at radius 1 is 0.600 bits per heavy atom. The highest BCUT2D eigenvalue weighted by Crippen LogP contribution is 2.52. The number of fused-ring (bicyclic) bond motifs is 7. The molecule has 0 atom stereocenters.